The van der Waals surface area contributed by atoms with Gasteiger partial charge < -0.3 is 14.2 Å². The molecule has 1 heterocycles. The van der Waals surface area contributed by atoms with E-state index in [1.807, 2.05) is 30.3 Å². The van der Waals surface area contributed by atoms with Gasteiger partial charge in [0.25, 0.3) is 0 Å². The third kappa shape index (κ3) is 4.30. The maximum atomic E-state index is 11.8. The van der Waals surface area contributed by atoms with Crippen molar-refractivity contribution in [2.75, 3.05) is 19.9 Å². The van der Waals surface area contributed by atoms with Crippen LogP contribution in [0.4, 0.5) is 0 Å². The van der Waals surface area contributed by atoms with Crippen molar-refractivity contribution in [1.29, 1.82) is 0 Å². The summed E-state index contributed by atoms with van der Waals surface area (Å²) < 4.78 is 16.9. The van der Waals surface area contributed by atoms with E-state index < -0.39 is 0 Å². The van der Waals surface area contributed by atoms with E-state index >= 15 is 0 Å². The Balaban J connectivity index is 1.41. The fourth-order valence-corrected chi connectivity index (χ4v) is 4.09. The van der Waals surface area contributed by atoms with E-state index in [9.17, 15) is 4.79 Å². The van der Waals surface area contributed by atoms with Crippen LogP contribution >= 0.6 is 0 Å². The van der Waals surface area contributed by atoms with Crippen molar-refractivity contribution in [3.05, 3.63) is 53.6 Å². The second-order valence-corrected chi connectivity index (χ2v) is 7.50. The number of hydrogen-bond donors (Lipinski definition) is 0. The summed E-state index contributed by atoms with van der Waals surface area (Å²) in [5.74, 6) is 2.35. The Hall–Kier alpha value is -2.53. The summed E-state index contributed by atoms with van der Waals surface area (Å²) in [5, 5.41) is 0. The number of para-hydroxylation sites is 1. The molecule has 0 radical (unpaired) electrons. The molecule has 0 N–H and O–H groups in total. The van der Waals surface area contributed by atoms with Crippen LogP contribution in [-0.4, -0.2) is 36.7 Å². The van der Waals surface area contributed by atoms with Crippen LogP contribution in [0, 0.1) is 0 Å². The molecule has 0 bridgehead atoms. The quantitative estimate of drug-likeness (QED) is 0.633. The fraction of sp³-hybridized carbons (Fsp3) is 0.435. The SMILES string of the molecule is CC(=O)c1ccccc1OCCN(Cc1ccc2c(c1)OCO2)C1CCCC1. The molecule has 4 rings (SSSR count). The lowest BCUT2D eigenvalue weighted by Crippen LogP contribution is -2.36. The van der Waals surface area contributed by atoms with Crippen LogP contribution in [0.3, 0.4) is 0 Å². The number of benzene rings is 2. The number of carbonyl (C=O) groups excluding carboxylic acids is 1. The van der Waals surface area contributed by atoms with Crippen LogP contribution < -0.4 is 14.2 Å². The molecule has 1 saturated carbocycles. The van der Waals surface area contributed by atoms with E-state index in [1.54, 1.807) is 6.92 Å². The van der Waals surface area contributed by atoms with Crippen molar-refractivity contribution >= 4 is 5.78 Å². The highest BCUT2D eigenvalue weighted by Gasteiger charge is 2.23. The topological polar surface area (TPSA) is 48.0 Å². The molecular weight excluding hydrogens is 354 g/mol. The minimum Gasteiger partial charge on any atom is -0.491 e. The van der Waals surface area contributed by atoms with Gasteiger partial charge in [0, 0.05) is 19.1 Å². The molecule has 1 aliphatic heterocycles. The van der Waals surface area contributed by atoms with Gasteiger partial charge >= 0.3 is 0 Å². The van der Waals surface area contributed by atoms with Crippen molar-refractivity contribution in [1.82, 2.24) is 4.90 Å². The molecule has 0 atom stereocenters. The summed E-state index contributed by atoms with van der Waals surface area (Å²) in [7, 11) is 0. The van der Waals surface area contributed by atoms with Gasteiger partial charge in [-0.1, -0.05) is 31.0 Å². The normalized spacial score (nSPS) is 15.9. The number of carbonyl (C=O) groups is 1. The Morgan fingerprint density at radius 3 is 2.71 bits per heavy atom. The molecule has 148 valence electrons. The van der Waals surface area contributed by atoms with Gasteiger partial charge in [0.05, 0.1) is 5.56 Å². The van der Waals surface area contributed by atoms with Gasteiger partial charge in [-0.25, -0.2) is 0 Å². The molecule has 0 unspecified atom stereocenters. The van der Waals surface area contributed by atoms with Crippen LogP contribution in [0.5, 0.6) is 17.2 Å². The van der Waals surface area contributed by atoms with Crippen LogP contribution in [0.25, 0.3) is 0 Å². The Labute approximate surface area is 166 Å². The van der Waals surface area contributed by atoms with Gasteiger partial charge in [0.15, 0.2) is 17.3 Å². The first-order valence-electron chi connectivity index (χ1n) is 10.1. The number of hydrogen-bond acceptors (Lipinski definition) is 5. The van der Waals surface area contributed by atoms with E-state index in [-0.39, 0.29) is 5.78 Å². The second-order valence-electron chi connectivity index (χ2n) is 7.50. The smallest absolute Gasteiger partial charge is 0.231 e. The van der Waals surface area contributed by atoms with Gasteiger partial charge in [0.2, 0.25) is 6.79 Å². The van der Waals surface area contributed by atoms with Crippen molar-refractivity contribution in [3.63, 3.8) is 0 Å². The van der Waals surface area contributed by atoms with Crippen molar-refractivity contribution in [2.24, 2.45) is 0 Å². The minimum atomic E-state index is 0.0311. The van der Waals surface area contributed by atoms with Crippen molar-refractivity contribution in [2.45, 2.75) is 45.2 Å². The van der Waals surface area contributed by atoms with E-state index in [2.05, 4.69) is 17.0 Å². The number of nitrogens with zero attached hydrogens (tertiary/aromatic N) is 1. The standard InChI is InChI=1S/C23H27NO4/c1-17(25)20-8-4-5-9-21(20)26-13-12-24(19-6-2-3-7-19)15-18-10-11-22-23(14-18)28-16-27-22/h4-5,8-11,14,19H,2-3,6-7,12-13,15-16H2,1H3. The molecule has 2 aliphatic rings. The number of ether oxygens (including phenoxy) is 3. The summed E-state index contributed by atoms with van der Waals surface area (Å²) in [5.41, 5.74) is 1.87. The van der Waals surface area contributed by atoms with Crippen LogP contribution in [0.2, 0.25) is 0 Å². The third-order valence-electron chi connectivity index (χ3n) is 5.57. The zero-order valence-electron chi connectivity index (χ0n) is 16.4. The van der Waals surface area contributed by atoms with E-state index in [0.717, 1.165) is 24.6 Å². The lowest BCUT2D eigenvalue weighted by molar-refractivity contribution is 0.101. The molecule has 0 saturated heterocycles. The molecule has 28 heavy (non-hydrogen) atoms. The zero-order chi connectivity index (χ0) is 19.3. The fourth-order valence-electron chi connectivity index (χ4n) is 4.09. The molecular formula is C23H27NO4. The summed E-state index contributed by atoms with van der Waals surface area (Å²) in [4.78, 5) is 14.3. The Kier molecular flexibility index (Phi) is 5.81. The lowest BCUT2D eigenvalue weighted by atomic mass is 10.1. The minimum absolute atomic E-state index is 0.0311. The number of ketones is 1. The Morgan fingerprint density at radius 2 is 1.89 bits per heavy atom. The molecule has 2 aromatic carbocycles. The maximum absolute atomic E-state index is 11.8. The van der Waals surface area contributed by atoms with Crippen LogP contribution in [0.15, 0.2) is 42.5 Å². The lowest BCUT2D eigenvalue weighted by Gasteiger charge is -2.29. The van der Waals surface area contributed by atoms with Crippen molar-refractivity contribution < 1.29 is 19.0 Å². The van der Waals surface area contributed by atoms with Gasteiger partial charge in [-0.2, -0.15) is 0 Å². The predicted molar refractivity (Wildman–Crippen MR) is 107 cm³/mol. The molecule has 1 aliphatic carbocycles. The van der Waals surface area contributed by atoms with Gasteiger partial charge in [0.1, 0.15) is 12.4 Å². The monoisotopic (exact) mass is 381 g/mol. The highest BCUT2D eigenvalue weighted by atomic mass is 16.7. The Morgan fingerprint density at radius 1 is 1.11 bits per heavy atom. The number of fused-ring (bicyclic) bond motifs is 1. The molecule has 5 heteroatoms. The maximum Gasteiger partial charge on any atom is 0.231 e. The average Bonchev–Trinajstić information content (AvgIpc) is 3.39. The highest BCUT2D eigenvalue weighted by molar-refractivity contribution is 5.96. The zero-order valence-corrected chi connectivity index (χ0v) is 16.4. The summed E-state index contributed by atoms with van der Waals surface area (Å²) >= 11 is 0. The van der Waals surface area contributed by atoms with Gasteiger partial charge in [-0.3, -0.25) is 9.69 Å². The molecule has 1 fully saturated rings. The van der Waals surface area contributed by atoms with Crippen molar-refractivity contribution in [3.8, 4) is 17.2 Å². The van der Waals surface area contributed by atoms with E-state index in [1.165, 1.54) is 31.2 Å². The molecule has 2 aromatic rings. The summed E-state index contributed by atoms with van der Waals surface area (Å²) in [6, 6.07) is 14.2. The second kappa shape index (κ2) is 8.65. The predicted octanol–water partition coefficient (Wildman–Crippen LogP) is 4.44. The van der Waals surface area contributed by atoms with Crippen LogP contribution in [0.1, 0.15) is 48.5 Å². The average molecular weight is 381 g/mol. The first-order valence-corrected chi connectivity index (χ1v) is 10.1. The van der Waals surface area contributed by atoms with Crippen LogP contribution in [-0.2, 0) is 6.54 Å². The first-order chi connectivity index (χ1) is 13.7. The molecule has 0 aromatic heterocycles. The molecule has 0 spiro atoms. The first kappa shape index (κ1) is 18.8. The Bertz CT molecular complexity index is 829. The number of Topliss-reactive ketones (excluding diaryl/α,β-unsaturated/α-hetero) is 1. The van der Waals surface area contributed by atoms with E-state index in [0.29, 0.717) is 30.8 Å². The summed E-state index contributed by atoms with van der Waals surface area (Å²) in [6.45, 7) is 4.12. The largest absolute Gasteiger partial charge is 0.491 e. The third-order valence-corrected chi connectivity index (χ3v) is 5.57. The van der Waals surface area contributed by atoms with E-state index in [4.69, 9.17) is 14.2 Å². The molecule has 5 nitrogen and oxygen atoms in total. The summed E-state index contributed by atoms with van der Waals surface area (Å²) in [6.07, 6.45) is 5.04. The van der Waals surface area contributed by atoms with Gasteiger partial charge in [-0.15, -0.1) is 0 Å². The highest BCUT2D eigenvalue weighted by Crippen LogP contribution is 2.33. The van der Waals surface area contributed by atoms with Gasteiger partial charge in [-0.05, 0) is 49.6 Å². The molecule has 0 amide bonds. The number of rotatable bonds is 8.